The quantitative estimate of drug-likeness (QED) is 0.308. The average Bonchev–Trinajstić information content (AvgIpc) is 2.28. The van der Waals surface area contributed by atoms with Crippen LogP contribution in [0, 0.1) is 5.92 Å². The topological polar surface area (TPSA) is 65.8 Å². The highest BCUT2D eigenvalue weighted by Gasteiger charge is 2.19. The van der Waals surface area contributed by atoms with Gasteiger partial charge in [-0.25, -0.2) is 0 Å². The van der Waals surface area contributed by atoms with E-state index in [1.165, 1.54) is 0 Å². The molecule has 0 heterocycles. The summed E-state index contributed by atoms with van der Waals surface area (Å²) in [4.78, 5) is 13.9. The molecule has 88 valence electrons. The normalized spacial score (nSPS) is 26.0. The van der Waals surface area contributed by atoms with Crippen molar-refractivity contribution in [2.75, 3.05) is 0 Å². The third-order valence-electron chi connectivity index (χ3n) is 3.34. The Labute approximate surface area is 96.4 Å². The van der Waals surface area contributed by atoms with E-state index >= 15 is 0 Å². The first-order valence-electron chi connectivity index (χ1n) is 5.85. The largest absolute Gasteiger partial charge is 0.295 e. The van der Waals surface area contributed by atoms with Crippen LogP contribution in [-0.4, -0.2) is 11.8 Å². The zero-order chi connectivity index (χ0) is 12.0. The van der Waals surface area contributed by atoms with Gasteiger partial charge in [0, 0.05) is 11.0 Å². The molecule has 0 N–H and O–H groups in total. The number of rotatable bonds is 4. The van der Waals surface area contributed by atoms with Crippen molar-refractivity contribution < 1.29 is 4.79 Å². The molecule has 0 aromatic carbocycles. The van der Waals surface area contributed by atoms with Crippen LogP contribution in [0.3, 0.4) is 0 Å². The molecule has 4 heteroatoms. The van der Waals surface area contributed by atoms with E-state index in [2.05, 4.69) is 10.0 Å². The first kappa shape index (κ1) is 12.8. The molecule has 0 unspecified atom stereocenters. The number of ketones is 1. The van der Waals surface area contributed by atoms with Crippen LogP contribution in [0.15, 0.2) is 16.8 Å². The number of hydrogen-bond acceptors (Lipinski definition) is 2. The summed E-state index contributed by atoms with van der Waals surface area (Å²) in [5.41, 5.74) is 9.19. The molecule has 0 atom stereocenters. The molecule has 1 rings (SSSR count). The highest BCUT2D eigenvalue weighted by molar-refractivity contribution is 5.92. The second kappa shape index (κ2) is 6.33. The lowest BCUT2D eigenvalue weighted by molar-refractivity contribution is -0.113. The molecule has 16 heavy (non-hydrogen) atoms. The van der Waals surface area contributed by atoms with Crippen LogP contribution in [0.4, 0.5) is 0 Å². The van der Waals surface area contributed by atoms with E-state index in [0.717, 1.165) is 37.7 Å². The van der Waals surface area contributed by atoms with Gasteiger partial charge in [-0.15, -0.1) is 0 Å². The van der Waals surface area contributed by atoms with Crippen molar-refractivity contribution in [2.45, 2.75) is 52.0 Å². The Hall–Kier alpha value is -1.28. The lowest BCUT2D eigenvalue weighted by atomic mass is 9.84. The third-order valence-corrected chi connectivity index (χ3v) is 3.34. The van der Waals surface area contributed by atoms with Crippen LogP contribution in [0.2, 0.25) is 0 Å². The summed E-state index contributed by atoms with van der Waals surface area (Å²) in [6, 6.07) is 0.194. The fraction of sp³-hybridized carbons (Fsp3) is 0.750. The maximum Gasteiger partial charge on any atom is 0.155 e. The van der Waals surface area contributed by atoms with Crippen LogP contribution in [0.5, 0.6) is 0 Å². The third kappa shape index (κ3) is 4.07. The smallest absolute Gasteiger partial charge is 0.155 e. The summed E-state index contributed by atoms with van der Waals surface area (Å²) in [6.07, 6.45) is 7.20. The Kier molecular flexibility index (Phi) is 5.06. The van der Waals surface area contributed by atoms with Crippen molar-refractivity contribution in [1.29, 1.82) is 0 Å². The SMILES string of the molecule is CC(=O)/C(C)=C/CC1CCC(N=[N+]=[N-])CC1. The van der Waals surface area contributed by atoms with Gasteiger partial charge in [-0.3, -0.25) is 4.79 Å². The van der Waals surface area contributed by atoms with Gasteiger partial charge in [0.05, 0.1) is 0 Å². The second-order valence-electron chi connectivity index (χ2n) is 4.56. The molecule has 1 aliphatic carbocycles. The Morgan fingerprint density at radius 3 is 2.50 bits per heavy atom. The molecule has 0 amide bonds. The van der Waals surface area contributed by atoms with Crippen molar-refractivity contribution >= 4 is 5.78 Å². The van der Waals surface area contributed by atoms with E-state index in [9.17, 15) is 4.79 Å². The second-order valence-corrected chi connectivity index (χ2v) is 4.56. The molecule has 0 bridgehead atoms. The summed E-state index contributed by atoms with van der Waals surface area (Å²) in [6.45, 7) is 3.47. The Morgan fingerprint density at radius 1 is 1.38 bits per heavy atom. The summed E-state index contributed by atoms with van der Waals surface area (Å²) in [7, 11) is 0. The van der Waals surface area contributed by atoms with Crippen molar-refractivity contribution in [3.8, 4) is 0 Å². The van der Waals surface area contributed by atoms with Gasteiger partial charge < -0.3 is 0 Å². The first-order chi connectivity index (χ1) is 7.63. The van der Waals surface area contributed by atoms with Gasteiger partial charge in [0.25, 0.3) is 0 Å². The van der Waals surface area contributed by atoms with Crippen molar-refractivity contribution in [1.82, 2.24) is 0 Å². The van der Waals surface area contributed by atoms with Gasteiger partial charge in [0.1, 0.15) is 0 Å². The molecule has 0 radical (unpaired) electrons. The molecule has 0 saturated heterocycles. The van der Waals surface area contributed by atoms with Crippen LogP contribution < -0.4 is 0 Å². The maximum absolute atomic E-state index is 11.0. The van der Waals surface area contributed by atoms with Crippen molar-refractivity contribution in [3.63, 3.8) is 0 Å². The number of carbonyl (C=O) groups excluding carboxylic acids is 1. The predicted octanol–water partition coefficient (Wildman–Crippen LogP) is 3.78. The van der Waals surface area contributed by atoms with E-state index in [4.69, 9.17) is 5.53 Å². The number of azide groups is 1. The van der Waals surface area contributed by atoms with Crippen molar-refractivity contribution in [2.24, 2.45) is 11.0 Å². The molecule has 1 aliphatic rings. The Balaban J connectivity index is 2.35. The molecule has 0 aliphatic heterocycles. The molecule has 4 nitrogen and oxygen atoms in total. The zero-order valence-electron chi connectivity index (χ0n) is 10.0. The van der Waals surface area contributed by atoms with Crippen molar-refractivity contribution in [3.05, 3.63) is 22.1 Å². The summed E-state index contributed by atoms with van der Waals surface area (Å²) in [5.74, 6) is 0.808. The van der Waals surface area contributed by atoms with Gasteiger partial charge in [0.2, 0.25) is 0 Å². The predicted molar refractivity (Wildman–Crippen MR) is 63.9 cm³/mol. The minimum Gasteiger partial charge on any atom is -0.295 e. The first-order valence-corrected chi connectivity index (χ1v) is 5.85. The Morgan fingerprint density at radius 2 is 2.00 bits per heavy atom. The number of hydrogen-bond donors (Lipinski definition) is 0. The van der Waals surface area contributed by atoms with Gasteiger partial charge >= 0.3 is 0 Å². The maximum atomic E-state index is 11.0. The fourth-order valence-electron chi connectivity index (χ4n) is 2.06. The van der Waals surface area contributed by atoms with Gasteiger partial charge in [-0.2, -0.15) is 0 Å². The van der Waals surface area contributed by atoms with E-state index in [-0.39, 0.29) is 11.8 Å². The minimum atomic E-state index is 0.155. The van der Waals surface area contributed by atoms with E-state index in [1.54, 1.807) is 6.92 Å². The standard InChI is InChI=1S/C12H19N3O/c1-9(10(2)16)3-4-11-5-7-12(8-6-11)14-15-13/h3,11-12H,4-8H2,1-2H3/b9-3+. The van der Waals surface area contributed by atoms with Crippen LogP contribution in [0.25, 0.3) is 10.4 Å². The lowest BCUT2D eigenvalue weighted by Gasteiger charge is -2.24. The molecular weight excluding hydrogens is 202 g/mol. The van der Waals surface area contributed by atoms with Crippen LogP contribution >= 0.6 is 0 Å². The highest BCUT2D eigenvalue weighted by Crippen LogP contribution is 2.29. The van der Waals surface area contributed by atoms with E-state index in [0.29, 0.717) is 5.92 Å². The Bertz CT molecular complexity index is 321. The van der Waals surface area contributed by atoms with E-state index < -0.39 is 0 Å². The average molecular weight is 221 g/mol. The lowest BCUT2D eigenvalue weighted by Crippen LogP contribution is -2.16. The monoisotopic (exact) mass is 221 g/mol. The number of carbonyl (C=O) groups is 1. The molecular formula is C12H19N3O. The summed E-state index contributed by atoms with van der Waals surface area (Å²) in [5, 5.41) is 3.75. The van der Waals surface area contributed by atoms with Gasteiger partial charge in [0.15, 0.2) is 5.78 Å². The molecule has 1 saturated carbocycles. The van der Waals surface area contributed by atoms with Crippen LogP contribution in [0.1, 0.15) is 46.0 Å². The number of Topliss-reactive ketones (excluding diaryl/α,β-unsaturated/α-hetero) is 1. The fourth-order valence-corrected chi connectivity index (χ4v) is 2.06. The highest BCUT2D eigenvalue weighted by atomic mass is 16.1. The molecule has 0 aromatic rings. The molecule has 1 fully saturated rings. The van der Waals surface area contributed by atoms with Gasteiger partial charge in [-0.05, 0) is 63.0 Å². The van der Waals surface area contributed by atoms with E-state index in [1.807, 2.05) is 13.0 Å². The van der Waals surface area contributed by atoms with Crippen LogP contribution in [-0.2, 0) is 4.79 Å². The number of allylic oxidation sites excluding steroid dienone is 2. The summed E-state index contributed by atoms with van der Waals surface area (Å²) < 4.78 is 0. The molecule has 0 aromatic heterocycles. The summed E-state index contributed by atoms with van der Waals surface area (Å²) >= 11 is 0. The zero-order valence-corrected chi connectivity index (χ0v) is 10.0. The minimum absolute atomic E-state index is 0.155. The van der Waals surface area contributed by atoms with Gasteiger partial charge in [-0.1, -0.05) is 11.2 Å². The molecule has 0 spiro atoms. The number of nitrogens with zero attached hydrogens (tertiary/aromatic N) is 3.